The Labute approximate surface area is 163 Å². The molecule has 0 bridgehead atoms. The molecule has 0 radical (unpaired) electrons. The molecule has 3 heteroatoms. The monoisotopic (exact) mass is 365 g/mol. The van der Waals surface area contributed by atoms with Crippen molar-refractivity contribution in [1.82, 2.24) is 5.32 Å². The van der Waals surface area contributed by atoms with E-state index >= 15 is 0 Å². The van der Waals surface area contributed by atoms with Gasteiger partial charge in [0, 0.05) is 0 Å². The summed E-state index contributed by atoms with van der Waals surface area (Å²) >= 11 is 0. The second-order valence-electron chi connectivity index (χ2n) is 7.74. The average Bonchev–Trinajstić information content (AvgIpc) is 2.65. The average molecular weight is 366 g/mol. The van der Waals surface area contributed by atoms with E-state index in [0.29, 0.717) is 6.42 Å². The Kier molecular flexibility index (Phi) is 6.20. The molecule has 144 valence electrons. The molecule has 2 aromatic rings. The van der Waals surface area contributed by atoms with Crippen LogP contribution in [0.4, 0.5) is 0 Å². The lowest BCUT2D eigenvalue weighted by atomic mass is 9.92. The quantitative estimate of drug-likeness (QED) is 0.762. The van der Waals surface area contributed by atoms with E-state index in [2.05, 4.69) is 49.5 Å². The molecular weight excluding hydrogens is 334 g/mol. The van der Waals surface area contributed by atoms with Gasteiger partial charge in [0.05, 0.1) is 6.04 Å². The summed E-state index contributed by atoms with van der Waals surface area (Å²) < 4.78 is 6.07. The Morgan fingerprint density at radius 3 is 2.52 bits per heavy atom. The van der Waals surface area contributed by atoms with Gasteiger partial charge in [-0.1, -0.05) is 36.8 Å². The van der Waals surface area contributed by atoms with Crippen LogP contribution in [0.5, 0.6) is 5.75 Å². The molecular formula is C24H31NO2. The number of ether oxygens (including phenoxy) is 1. The van der Waals surface area contributed by atoms with Crippen molar-refractivity contribution in [3.8, 4) is 5.75 Å². The summed E-state index contributed by atoms with van der Waals surface area (Å²) in [7, 11) is 0. The SMILES string of the molecule is CC[C@H](Oc1ccc2c(c1)CCCC2)C(=O)N[C@@H](C)c1ccc(C)cc1C. The highest BCUT2D eigenvalue weighted by atomic mass is 16.5. The van der Waals surface area contributed by atoms with Gasteiger partial charge in [0.25, 0.3) is 5.91 Å². The van der Waals surface area contributed by atoms with Crippen molar-refractivity contribution in [2.75, 3.05) is 0 Å². The number of carbonyl (C=O) groups is 1. The fourth-order valence-electron chi connectivity index (χ4n) is 3.97. The van der Waals surface area contributed by atoms with E-state index in [1.807, 2.05) is 19.9 Å². The number of hydrogen-bond acceptors (Lipinski definition) is 2. The zero-order chi connectivity index (χ0) is 19.4. The summed E-state index contributed by atoms with van der Waals surface area (Å²) in [5.74, 6) is 0.750. The number of aryl methyl sites for hydroxylation is 4. The molecule has 27 heavy (non-hydrogen) atoms. The van der Waals surface area contributed by atoms with E-state index in [-0.39, 0.29) is 11.9 Å². The van der Waals surface area contributed by atoms with Gasteiger partial charge < -0.3 is 10.1 Å². The van der Waals surface area contributed by atoms with Crippen molar-refractivity contribution in [3.63, 3.8) is 0 Å². The number of hydrogen-bond donors (Lipinski definition) is 1. The molecule has 0 saturated carbocycles. The maximum Gasteiger partial charge on any atom is 0.261 e. The molecule has 0 aromatic heterocycles. The van der Waals surface area contributed by atoms with Gasteiger partial charge in [-0.25, -0.2) is 0 Å². The molecule has 1 aliphatic rings. The minimum Gasteiger partial charge on any atom is -0.481 e. The van der Waals surface area contributed by atoms with Crippen LogP contribution in [-0.4, -0.2) is 12.0 Å². The lowest BCUT2D eigenvalue weighted by Crippen LogP contribution is -2.39. The number of fused-ring (bicyclic) bond motifs is 1. The molecule has 0 fully saturated rings. The highest BCUT2D eigenvalue weighted by Crippen LogP contribution is 2.26. The zero-order valence-electron chi connectivity index (χ0n) is 17.0. The summed E-state index contributed by atoms with van der Waals surface area (Å²) in [4.78, 5) is 12.8. The summed E-state index contributed by atoms with van der Waals surface area (Å²) in [6, 6.07) is 12.6. The van der Waals surface area contributed by atoms with Crippen molar-refractivity contribution in [3.05, 3.63) is 64.2 Å². The highest BCUT2D eigenvalue weighted by Gasteiger charge is 2.22. The Balaban J connectivity index is 1.67. The molecule has 2 atom stereocenters. The van der Waals surface area contributed by atoms with Gasteiger partial charge in [-0.15, -0.1) is 0 Å². The van der Waals surface area contributed by atoms with Gasteiger partial charge in [0.1, 0.15) is 5.75 Å². The van der Waals surface area contributed by atoms with E-state index in [1.165, 1.54) is 35.1 Å². The third kappa shape index (κ3) is 4.71. The lowest BCUT2D eigenvalue weighted by Gasteiger charge is -2.23. The molecule has 0 spiro atoms. The first-order valence-corrected chi connectivity index (χ1v) is 10.1. The number of benzene rings is 2. The third-order valence-electron chi connectivity index (χ3n) is 5.51. The number of amides is 1. The molecule has 0 heterocycles. The van der Waals surface area contributed by atoms with Crippen LogP contribution in [0.2, 0.25) is 0 Å². The van der Waals surface area contributed by atoms with Crippen molar-refractivity contribution in [2.45, 2.75) is 71.9 Å². The standard InChI is InChI=1S/C24H31NO2/c1-5-23(27-21-12-11-19-8-6-7-9-20(19)15-21)24(26)25-18(4)22-13-10-16(2)14-17(22)3/h10-15,18,23H,5-9H2,1-4H3,(H,25,26)/t18-,23-/m0/s1. The fourth-order valence-corrected chi connectivity index (χ4v) is 3.97. The van der Waals surface area contributed by atoms with E-state index in [0.717, 1.165) is 24.2 Å². The topological polar surface area (TPSA) is 38.3 Å². The zero-order valence-corrected chi connectivity index (χ0v) is 17.0. The van der Waals surface area contributed by atoms with Crippen LogP contribution >= 0.6 is 0 Å². The van der Waals surface area contributed by atoms with Crippen LogP contribution in [-0.2, 0) is 17.6 Å². The second kappa shape index (κ2) is 8.60. The molecule has 2 aromatic carbocycles. The third-order valence-corrected chi connectivity index (χ3v) is 5.51. The van der Waals surface area contributed by atoms with Crippen molar-refractivity contribution >= 4 is 5.91 Å². The first-order valence-electron chi connectivity index (χ1n) is 10.1. The van der Waals surface area contributed by atoms with Crippen molar-refractivity contribution < 1.29 is 9.53 Å². The summed E-state index contributed by atoms with van der Waals surface area (Å²) in [6.45, 7) is 8.19. The van der Waals surface area contributed by atoms with Crippen molar-refractivity contribution in [1.29, 1.82) is 0 Å². The number of nitrogens with one attached hydrogen (secondary N) is 1. The molecule has 3 rings (SSSR count). The highest BCUT2D eigenvalue weighted by molar-refractivity contribution is 5.81. The molecule has 1 N–H and O–H groups in total. The Hall–Kier alpha value is -2.29. The Morgan fingerprint density at radius 1 is 1.07 bits per heavy atom. The van der Waals surface area contributed by atoms with Gasteiger partial charge in [-0.2, -0.15) is 0 Å². The molecule has 0 aliphatic heterocycles. The van der Waals surface area contributed by atoms with Crippen molar-refractivity contribution in [2.24, 2.45) is 0 Å². The minimum absolute atomic E-state index is 0.0423. The first kappa shape index (κ1) is 19.5. The summed E-state index contributed by atoms with van der Waals surface area (Å²) in [5, 5.41) is 3.13. The number of rotatable bonds is 6. The van der Waals surface area contributed by atoms with Gasteiger partial charge in [0.2, 0.25) is 0 Å². The van der Waals surface area contributed by atoms with Crippen LogP contribution in [0.15, 0.2) is 36.4 Å². The van der Waals surface area contributed by atoms with Gasteiger partial charge in [-0.05, 0) is 87.3 Å². The van der Waals surface area contributed by atoms with E-state index in [4.69, 9.17) is 4.74 Å². The normalized spacial score (nSPS) is 15.6. The maximum atomic E-state index is 12.8. The van der Waals surface area contributed by atoms with Crippen LogP contribution in [0, 0.1) is 13.8 Å². The Morgan fingerprint density at radius 2 is 1.81 bits per heavy atom. The molecule has 0 saturated heterocycles. The largest absolute Gasteiger partial charge is 0.481 e. The van der Waals surface area contributed by atoms with E-state index in [1.54, 1.807) is 0 Å². The minimum atomic E-state index is -0.472. The molecule has 1 aliphatic carbocycles. The first-order chi connectivity index (χ1) is 13.0. The molecule has 0 unspecified atom stereocenters. The van der Waals surface area contributed by atoms with E-state index < -0.39 is 6.10 Å². The van der Waals surface area contributed by atoms with Crippen LogP contribution in [0.25, 0.3) is 0 Å². The summed E-state index contributed by atoms with van der Waals surface area (Å²) in [5.41, 5.74) is 6.38. The smallest absolute Gasteiger partial charge is 0.261 e. The Bertz CT molecular complexity index is 812. The van der Waals surface area contributed by atoms with Gasteiger partial charge >= 0.3 is 0 Å². The van der Waals surface area contributed by atoms with Crippen LogP contribution < -0.4 is 10.1 Å². The maximum absolute atomic E-state index is 12.8. The number of carbonyl (C=O) groups excluding carboxylic acids is 1. The fraction of sp³-hybridized carbons (Fsp3) is 0.458. The molecule has 1 amide bonds. The summed E-state index contributed by atoms with van der Waals surface area (Å²) in [6.07, 6.45) is 4.94. The molecule has 3 nitrogen and oxygen atoms in total. The second-order valence-corrected chi connectivity index (χ2v) is 7.74. The lowest BCUT2D eigenvalue weighted by molar-refractivity contribution is -0.128. The van der Waals surface area contributed by atoms with Gasteiger partial charge in [0.15, 0.2) is 6.10 Å². The predicted octanol–water partition coefficient (Wildman–Crippen LogP) is 5.22. The van der Waals surface area contributed by atoms with E-state index in [9.17, 15) is 4.79 Å². The predicted molar refractivity (Wildman–Crippen MR) is 110 cm³/mol. The van der Waals surface area contributed by atoms with Crippen LogP contribution in [0.3, 0.4) is 0 Å². The van der Waals surface area contributed by atoms with Crippen LogP contribution in [0.1, 0.15) is 67.0 Å². The van der Waals surface area contributed by atoms with Gasteiger partial charge in [-0.3, -0.25) is 4.79 Å².